The van der Waals surface area contributed by atoms with Gasteiger partial charge in [0.05, 0.1) is 5.69 Å². The van der Waals surface area contributed by atoms with E-state index in [1.54, 1.807) is 0 Å². The van der Waals surface area contributed by atoms with Gasteiger partial charge in [-0.25, -0.2) is 0 Å². The largest absolute Gasteiger partial charge is 0.490 e. The minimum Gasteiger partial charge on any atom is -0.490 e. The standard InChI is InChI=1S/C17H21NO2/c1-3-18-16-6-4-5-7-17(16)20-13-12-19-15-10-8-14(2)9-11-15/h4-11,18H,3,12-13H2,1-2H3. The monoisotopic (exact) mass is 271 g/mol. The summed E-state index contributed by atoms with van der Waals surface area (Å²) < 4.78 is 11.4. The summed E-state index contributed by atoms with van der Waals surface area (Å²) in [6.45, 7) is 6.06. The predicted octanol–water partition coefficient (Wildman–Crippen LogP) is 3.88. The van der Waals surface area contributed by atoms with E-state index in [-0.39, 0.29) is 0 Å². The first-order chi connectivity index (χ1) is 9.79. The summed E-state index contributed by atoms with van der Waals surface area (Å²) in [7, 11) is 0. The second-order valence-electron chi connectivity index (χ2n) is 4.54. The maximum atomic E-state index is 5.75. The van der Waals surface area contributed by atoms with Crippen LogP contribution in [0.3, 0.4) is 0 Å². The molecule has 2 aromatic rings. The van der Waals surface area contributed by atoms with Crippen molar-refractivity contribution in [3.8, 4) is 11.5 Å². The second kappa shape index (κ2) is 7.43. The first-order valence-electron chi connectivity index (χ1n) is 6.94. The molecule has 20 heavy (non-hydrogen) atoms. The Morgan fingerprint density at radius 3 is 2.35 bits per heavy atom. The van der Waals surface area contributed by atoms with Crippen LogP contribution in [0.15, 0.2) is 48.5 Å². The molecular formula is C17H21NO2. The van der Waals surface area contributed by atoms with Gasteiger partial charge in [0.15, 0.2) is 0 Å². The molecule has 0 saturated carbocycles. The third kappa shape index (κ3) is 4.19. The van der Waals surface area contributed by atoms with Crippen molar-refractivity contribution in [3.05, 3.63) is 54.1 Å². The summed E-state index contributed by atoms with van der Waals surface area (Å²) in [5, 5.41) is 3.28. The van der Waals surface area contributed by atoms with Gasteiger partial charge < -0.3 is 14.8 Å². The van der Waals surface area contributed by atoms with Crippen LogP contribution in [0.25, 0.3) is 0 Å². The van der Waals surface area contributed by atoms with E-state index in [1.807, 2.05) is 48.5 Å². The highest BCUT2D eigenvalue weighted by molar-refractivity contribution is 5.55. The minimum absolute atomic E-state index is 0.524. The molecule has 0 fully saturated rings. The third-order valence-corrected chi connectivity index (χ3v) is 2.88. The summed E-state index contributed by atoms with van der Waals surface area (Å²) in [6.07, 6.45) is 0. The van der Waals surface area contributed by atoms with E-state index < -0.39 is 0 Å². The lowest BCUT2D eigenvalue weighted by atomic mass is 10.2. The van der Waals surface area contributed by atoms with Crippen LogP contribution in [-0.2, 0) is 0 Å². The molecule has 2 rings (SSSR count). The quantitative estimate of drug-likeness (QED) is 0.775. The van der Waals surface area contributed by atoms with E-state index >= 15 is 0 Å². The van der Waals surface area contributed by atoms with E-state index in [1.165, 1.54) is 5.56 Å². The zero-order valence-electron chi connectivity index (χ0n) is 12.1. The Balaban J connectivity index is 1.79. The van der Waals surface area contributed by atoms with Gasteiger partial charge in [-0.2, -0.15) is 0 Å². The zero-order valence-corrected chi connectivity index (χ0v) is 12.1. The number of ether oxygens (including phenoxy) is 2. The first-order valence-corrected chi connectivity index (χ1v) is 6.94. The Labute approximate surface area is 120 Å². The lowest BCUT2D eigenvalue weighted by Crippen LogP contribution is -2.10. The SMILES string of the molecule is CCNc1ccccc1OCCOc1ccc(C)cc1. The zero-order chi connectivity index (χ0) is 14.2. The van der Waals surface area contributed by atoms with Crippen LogP contribution in [0.2, 0.25) is 0 Å². The van der Waals surface area contributed by atoms with Gasteiger partial charge in [0, 0.05) is 6.54 Å². The van der Waals surface area contributed by atoms with Crippen LogP contribution >= 0.6 is 0 Å². The average Bonchev–Trinajstić information content (AvgIpc) is 2.47. The summed E-state index contributed by atoms with van der Waals surface area (Å²) in [5.41, 5.74) is 2.25. The maximum Gasteiger partial charge on any atom is 0.142 e. The molecule has 2 aromatic carbocycles. The number of hydrogen-bond acceptors (Lipinski definition) is 3. The number of anilines is 1. The molecule has 0 aromatic heterocycles. The van der Waals surface area contributed by atoms with Gasteiger partial charge in [-0.3, -0.25) is 0 Å². The Hall–Kier alpha value is -2.16. The molecule has 0 bridgehead atoms. The molecular weight excluding hydrogens is 250 g/mol. The molecule has 0 radical (unpaired) electrons. The lowest BCUT2D eigenvalue weighted by molar-refractivity contribution is 0.218. The topological polar surface area (TPSA) is 30.5 Å². The molecule has 0 saturated heterocycles. The molecule has 106 valence electrons. The lowest BCUT2D eigenvalue weighted by Gasteiger charge is -2.12. The van der Waals surface area contributed by atoms with E-state index in [2.05, 4.69) is 19.2 Å². The molecule has 0 aliphatic rings. The summed E-state index contributed by atoms with van der Waals surface area (Å²) >= 11 is 0. The van der Waals surface area contributed by atoms with Crippen molar-refractivity contribution < 1.29 is 9.47 Å². The Morgan fingerprint density at radius 1 is 0.900 bits per heavy atom. The fraction of sp³-hybridized carbons (Fsp3) is 0.294. The maximum absolute atomic E-state index is 5.75. The van der Waals surface area contributed by atoms with Gasteiger partial charge in [-0.15, -0.1) is 0 Å². The Morgan fingerprint density at radius 2 is 1.60 bits per heavy atom. The van der Waals surface area contributed by atoms with Crippen molar-refractivity contribution >= 4 is 5.69 Å². The van der Waals surface area contributed by atoms with E-state index in [9.17, 15) is 0 Å². The number of aryl methyl sites for hydroxylation is 1. The average molecular weight is 271 g/mol. The fourth-order valence-electron chi connectivity index (χ4n) is 1.87. The molecule has 0 heterocycles. The Bertz CT molecular complexity index is 523. The predicted molar refractivity (Wildman–Crippen MR) is 82.8 cm³/mol. The van der Waals surface area contributed by atoms with Gasteiger partial charge in [-0.1, -0.05) is 29.8 Å². The van der Waals surface area contributed by atoms with Gasteiger partial charge in [0.2, 0.25) is 0 Å². The summed E-state index contributed by atoms with van der Waals surface area (Å²) in [6, 6.07) is 16.0. The van der Waals surface area contributed by atoms with Crippen LogP contribution in [0, 0.1) is 6.92 Å². The minimum atomic E-state index is 0.524. The molecule has 0 aliphatic heterocycles. The van der Waals surface area contributed by atoms with Gasteiger partial charge in [0.1, 0.15) is 24.7 Å². The first kappa shape index (κ1) is 14.3. The van der Waals surface area contributed by atoms with Gasteiger partial charge >= 0.3 is 0 Å². The molecule has 3 nitrogen and oxygen atoms in total. The molecule has 0 atom stereocenters. The number of para-hydroxylation sites is 2. The normalized spacial score (nSPS) is 10.1. The van der Waals surface area contributed by atoms with Crippen LogP contribution in [0.4, 0.5) is 5.69 Å². The third-order valence-electron chi connectivity index (χ3n) is 2.88. The summed E-state index contributed by atoms with van der Waals surface area (Å²) in [5.74, 6) is 1.74. The highest BCUT2D eigenvalue weighted by atomic mass is 16.5. The van der Waals surface area contributed by atoms with Crippen molar-refractivity contribution in [1.29, 1.82) is 0 Å². The molecule has 0 unspecified atom stereocenters. The van der Waals surface area contributed by atoms with Gasteiger partial charge in [-0.05, 0) is 38.1 Å². The molecule has 0 amide bonds. The molecule has 0 spiro atoms. The smallest absolute Gasteiger partial charge is 0.142 e. The van der Waals surface area contributed by atoms with E-state index in [0.29, 0.717) is 13.2 Å². The van der Waals surface area contributed by atoms with Gasteiger partial charge in [0.25, 0.3) is 0 Å². The summed E-state index contributed by atoms with van der Waals surface area (Å²) in [4.78, 5) is 0. The number of rotatable bonds is 7. The number of hydrogen-bond donors (Lipinski definition) is 1. The molecule has 3 heteroatoms. The van der Waals surface area contributed by atoms with E-state index in [0.717, 1.165) is 23.7 Å². The number of benzene rings is 2. The second-order valence-corrected chi connectivity index (χ2v) is 4.54. The Kier molecular flexibility index (Phi) is 5.30. The highest BCUT2D eigenvalue weighted by Crippen LogP contribution is 2.23. The van der Waals surface area contributed by atoms with Crippen molar-refractivity contribution in [2.75, 3.05) is 25.1 Å². The van der Waals surface area contributed by atoms with E-state index in [4.69, 9.17) is 9.47 Å². The number of nitrogens with one attached hydrogen (secondary N) is 1. The van der Waals surface area contributed by atoms with Crippen LogP contribution in [0.5, 0.6) is 11.5 Å². The van der Waals surface area contributed by atoms with Crippen molar-refractivity contribution in [1.82, 2.24) is 0 Å². The van der Waals surface area contributed by atoms with Crippen LogP contribution in [-0.4, -0.2) is 19.8 Å². The fourth-order valence-corrected chi connectivity index (χ4v) is 1.87. The van der Waals surface area contributed by atoms with Crippen LogP contribution < -0.4 is 14.8 Å². The van der Waals surface area contributed by atoms with Crippen molar-refractivity contribution in [3.63, 3.8) is 0 Å². The molecule has 0 aliphatic carbocycles. The highest BCUT2D eigenvalue weighted by Gasteiger charge is 2.01. The van der Waals surface area contributed by atoms with Crippen molar-refractivity contribution in [2.24, 2.45) is 0 Å². The van der Waals surface area contributed by atoms with Crippen LogP contribution in [0.1, 0.15) is 12.5 Å². The van der Waals surface area contributed by atoms with Crippen molar-refractivity contribution in [2.45, 2.75) is 13.8 Å². The molecule has 1 N–H and O–H groups in total.